The predicted molar refractivity (Wildman–Crippen MR) is 72.9 cm³/mol. The molecular weight excluding hydrogens is 283 g/mol. The maximum Gasteiger partial charge on any atom is 0.573 e. The molecule has 0 radical (unpaired) electrons. The number of ether oxygens (including phenoxy) is 1. The third-order valence-corrected chi connectivity index (χ3v) is 3.72. The van der Waals surface area contributed by atoms with Crippen molar-refractivity contribution in [3.63, 3.8) is 0 Å². The van der Waals surface area contributed by atoms with Crippen LogP contribution >= 0.6 is 0 Å². The first kappa shape index (κ1) is 16.1. The van der Waals surface area contributed by atoms with Crippen LogP contribution in [0.3, 0.4) is 0 Å². The summed E-state index contributed by atoms with van der Waals surface area (Å²) in [5, 5.41) is 13.5. The lowest BCUT2D eigenvalue weighted by Crippen LogP contribution is -2.41. The molecule has 0 amide bonds. The molecule has 21 heavy (non-hydrogen) atoms. The third-order valence-electron chi connectivity index (χ3n) is 3.72. The maximum absolute atomic E-state index is 12.0. The highest BCUT2D eigenvalue weighted by Crippen LogP contribution is 2.27. The molecule has 2 rings (SSSR count). The average molecular weight is 303 g/mol. The van der Waals surface area contributed by atoms with Gasteiger partial charge in [-0.2, -0.15) is 0 Å². The number of halogens is 3. The summed E-state index contributed by atoms with van der Waals surface area (Å²) in [5.41, 5.74) is 0.210. The minimum absolute atomic E-state index is 0.225. The van der Waals surface area contributed by atoms with Gasteiger partial charge in [-0.25, -0.2) is 0 Å². The normalized spacial score (nSPS) is 18.5. The second kappa shape index (κ2) is 6.66. The van der Waals surface area contributed by atoms with Crippen LogP contribution in [-0.2, 0) is 6.54 Å². The number of alkyl halides is 3. The van der Waals surface area contributed by atoms with Gasteiger partial charge < -0.3 is 15.2 Å². The number of hydrogen-bond donors (Lipinski definition) is 2. The lowest BCUT2D eigenvalue weighted by molar-refractivity contribution is -0.274. The van der Waals surface area contributed by atoms with Crippen molar-refractivity contribution in [1.82, 2.24) is 5.32 Å². The molecule has 0 saturated heterocycles. The number of aliphatic hydroxyl groups is 1. The van der Waals surface area contributed by atoms with Gasteiger partial charge in [-0.3, -0.25) is 0 Å². The molecule has 1 aliphatic carbocycles. The van der Waals surface area contributed by atoms with Gasteiger partial charge >= 0.3 is 6.36 Å². The smallest absolute Gasteiger partial charge is 0.406 e. The summed E-state index contributed by atoms with van der Waals surface area (Å²) >= 11 is 0. The van der Waals surface area contributed by atoms with E-state index in [1.165, 1.54) is 18.6 Å². The van der Waals surface area contributed by atoms with Crippen molar-refractivity contribution >= 4 is 0 Å². The molecule has 1 saturated carbocycles. The fraction of sp³-hybridized carbons (Fsp3) is 0.600. The molecule has 0 unspecified atom stereocenters. The summed E-state index contributed by atoms with van der Waals surface area (Å²) in [4.78, 5) is 0. The zero-order valence-corrected chi connectivity index (χ0v) is 11.7. The van der Waals surface area contributed by atoms with Crippen LogP contribution < -0.4 is 10.1 Å². The van der Waals surface area contributed by atoms with E-state index in [0.29, 0.717) is 13.1 Å². The van der Waals surface area contributed by atoms with Gasteiger partial charge in [0.15, 0.2) is 0 Å². The van der Waals surface area contributed by atoms with Gasteiger partial charge in [0.05, 0.1) is 5.60 Å². The van der Waals surface area contributed by atoms with Crippen LogP contribution in [0, 0.1) is 0 Å². The van der Waals surface area contributed by atoms with Crippen molar-refractivity contribution in [1.29, 1.82) is 0 Å². The highest BCUT2D eigenvalue weighted by molar-refractivity contribution is 5.27. The molecule has 0 spiro atoms. The van der Waals surface area contributed by atoms with E-state index in [-0.39, 0.29) is 5.75 Å². The summed E-state index contributed by atoms with van der Waals surface area (Å²) in [6.45, 7) is 1.02. The molecule has 2 N–H and O–H groups in total. The van der Waals surface area contributed by atoms with Crippen molar-refractivity contribution in [3.8, 4) is 5.75 Å². The first-order valence-electron chi connectivity index (χ1n) is 7.14. The summed E-state index contributed by atoms with van der Waals surface area (Å²) in [6, 6.07) is 5.75. The molecular formula is C15H20F3NO2. The highest BCUT2D eigenvalue weighted by atomic mass is 19.4. The Morgan fingerprint density at radius 3 is 2.29 bits per heavy atom. The van der Waals surface area contributed by atoms with E-state index in [9.17, 15) is 18.3 Å². The summed E-state index contributed by atoms with van der Waals surface area (Å²) < 4.78 is 39.9. The predicted octanol–water partition coefficient (Wildman–Crippen LogP) is 3.37. The van der Waals surface area contributed by atoms with Crippen molar-refractivity contribution in [2.24, 2.45) is 0 Å². The van der Waals surface area contributed by atoms with Crippen LogP contribution in [0.1, 0.15) is 37.7 Å². The summed E-state index contributed by atoms with van der Waals surface area (Å²) in [5.74, 6) is -0.225. The second-order valence-corrected chi connectivity index (χ2v) is 5.58. The standard InChI is InChI=1S/C15H20F3NO2/c16-15(17,18)21-13-6-4-12(5-7-13)10-19-11-14(20)8-2-1-3-9-14/h4-7,19-20H,1-3,8-11H2. The quantitative estimate of drug-likeness (QED) is 0.876. The van der Waals surface area contributed by atoms with Crippen LogP contribution in [0.15, 0.2) is 24.3 Å². The van der Waals surface area contributed by atoms with Crippen LogP contribution in [0.2, 0.25) is 0 Å². The van der Waals surface area contributed by atoms with Crippen molar-refractivity contribution in [3.05, 3.63) is 29.8 Å². The van der Waals surface area contributed by atoms with Gasteiger partial charge in [0, 0.05) is 13.1 Å². The molecule has 118 valence electrons. The minimum atomic E-state index is -4.66. The van der Waals surface area contributed by atoms with Crippen molar-refractivity contribution in [2.45, 2.75) is 50.6 Å². The molecule has 1 aromatic rings. The molecule has 1 aromatic carbocycles. The van der Waals surface area contributed by atoms with Gasteiger partial charge in [0.1, 0.15) is 5.75 Å². The van der Waals surface area contributed by atoms with Gasteiger partial charge in [-0.1, -0.05) is 31.4 Å². The molecule has 1 fully saturated rings. The molecule has 1 aliphatic rings. The fourth-order valence-corrected chi connectivity index (χ4v) is 2.64. The number of benzene rings is 1. The highest BCUT2D eigenvalue weighted by Gasteiger charge is 2.31. The Morgan fingerprint density at radius 1 is 1.10 bits per heavy atom. The summed E-state index contributed by atoms with van der Waals surface area (Å²) in [6.07, 6.45) is 0.201. The summed E-state index contributed by atoms with van der Waals surface area (Å²) in [7, 11) is 0. The molecule has 0 aliphatic heterocycles. The van der Waals surface area contributed by atoms with Crippen molar-refractivity contribution < 1.29 is 23.0 Å². The van der Waals surface area contributed by atoms with Gasteiger partial charge in [-0.15, -0.1) is 13.2 Å². The Labute approximate surface area is 122 Å². The van der Waals surface area contributed by atoms with Crippen LogP contribution in [-0.4, -0.2) is 23.6 Å². The molecule has 0 bridgehead atoms. The lowest BCUT2D eigenvalue weighted by Gasteiger charge is -2.32. The first-order chi connectivity index (χ1) is 9.86. The molecule has 0 heterocycles. The number of nitrogens with one attached hydrogen (secondary N) is 1. The second-order valence-electron chi connectivity index (χ2n) is 5.58. The fourth-order valence-electron chi connectivity index (χ4n) is 2.64. The van der Waals surface area contributed by atoms with Crippen LogP contribution in [0.25, 0.3) is 0 Å². The SMILES string of the molecule is OC1(CNCc2ccc(OC(F)(F)F)cc2)CCCCC1. The first-order valence-corrected chi connectivity index (χ1v) is 7.14. The van der Waals surface area contributed by atoms with Gasteiger partial charge in [0.2, 0.25) is 0 Å². The lowest BCUT2D eigenvalue weighted by atomic mass is 9.85. The Balaban J connectivity index is 1.78. The zero-order valence-electron chi connectivity index (χ0n) is 11.7. The Kier molecular flexibility index (Phi) is 5.11. The Morgan fingerprint density at radius 2 is 1.71 bits per heavy atom. The average Bonchev–Trinajstić information content (AvgIpc) is 2.40. The van der Waals surface area contributed by atoms with E-state index >= 15 is 0 Å². The number of hydrogen-bond acceptors (Lipinski definition) is 3. The van der Waals surface area contributed by atoms with Crippen molar-refractivity contribution in [2.75, 3.05) is 6.54 Å². The van der Waals surface area contributed by atoms with Gasteiger partial charge in [0.25, 0.3) is 0 Å². The van der Waals surface area contributed by atoms with E-state index in [1.807, 2.05) is 0 Å². The topological polar surface area (TPSA) is 41.5 Å². The minimum Gasteiger partial charge on any atom is -0.406 e. The number of rotatable bonds is 5. The third kappa shape index (κ3) is 5.55. The van der Waals surface area contributed by atoms with E-state index < -0.39 is 12.0 Å². The molecule has 3 nitrogen and oxygen atoms in total. The van der Waals surface area contributed by atoms with Crippen LogP contribution in [0.5, 0.6) is 5.75 Å². The van der Waals surface area contributed by atoms with Crippen LogP contribution in [0.4, 0.5) is 13.2 Å². The molecule has 0 aromatic heterocycles. The molecule has 0 atom stereocenters. The molecule has 6 heteroatoms. The van der Waals surface area contributed by atoms with E-state index in [2.05, 4.69) is 10.1 Å². The Bertz CT molecular complexity index is 439. The van der Waals surface area contributed by atoms with E-state index in [0.717, 1.165) is 31.2 Å². The van der Waals surface area contributed by atoms with E-state index in [4.69, 9.17) is 0 Å². The van der Waals surface area contributed by atoms with E-state index in [1.54, 1.807) is 12.1 Å². The maximum atomic E-state index is 12.0. The monoisotopic (exact) mass is 303 g/mol. The van der Waals surface area contributed by atoms with Gasteiger partial charge in [-0.05, 0) is 30.5 Å². The zero-order chi connectivity index (χ0) is 15.3. The Hall–Kier alpha value is -1.27. The largest absolute Gasteiger partial charge is 0.573 e.